The van der Waals surface area contributed by atoms with Gasteiger partial charge >= 0.3 is 0 Å². The van der Waals surface area contributed by atoms with Crippen molar-refractivity contribution in [1.82, 2.24) is 10.2 Å². The Hall–Kier alpha value is -0.810. The van der Waals surface area contributed by atoms with E-state index in [0.29, 0.717) is 12.6 Å². The number of methoxy groups -OCH3 is 1. The van der Waals surface area contributed by atoms with Gasteiger partial charge in [-0.2, -0.15) is 0 Å². The minimum absolute atomic E-state index is 0.203. The molecule has 1 aliphatic rings. The van der Waals surface area contributed by atoms with Crippen molar-refractivity contribution in [3.63, 3.8) is 0 Å². The van der Waals surface area contributed by atoms with E-state index in [9.17, 15) is 0 Å². The summed E-state index contributed by atoms with van der Waals surface area (Å²) >= 11 is 0. The normalized spacial score (nSPS) is 18.5. The van der Waals surface area contributed by atoms with Crippen LogP contribution in [0.5, 0.6) is 0 Å². The molecular weight excluding hydrogens is 216 g/mol. The summed E-state index contributed by atoms with van der Waals surface area (Å²) in [7, 11) is 1.68. The van der Waals surface area contributed by atoms with Crippen LogP contribution in [0.2, 0.25) is 0 Å². The monoisotopic (exact) mass is 242 g/mol. The number of nitrogens with one attached hydrogen (secondary N) is 1. The van der Waals surface area contributed by atoms with Crippen molar-refractivity contribution in [2.75, 3.05) is 33.4 Å². The fourth-order valence-corrected chi connectivity index (χ4v) is 1.93. The maximum atomic E-state index is 5.79. The first-order chi connectivity index (χ1) is 8.17. The molecule has 0 aliphatic heterocycles. The van der Waals surface area contributed by atoms with Crippen LogP contribution >= 0.6 is 0 Å². The molecule has 0 amide bonds. The number of hydrogen-bond donors (Lipinski definition) is 2. The first-order valence-corrected chi connectivity index (χ1v) is 6.46. The number of nitrogens with two attached hydrogens (primary N) is 1. The third kappa shape index (κ3) is 5.89. The highest BCUT2D eigenvalue weighted by Gasteiger charge is 2.26. The third-order valence-electron chi connectivity index (χ3n) is 2.95. The van der Waals surface area contributed by atoms with E-state index in [1.165, 1.54) is 12.8 Å². The van der Waals surface area contributed by atoms with Crippen LogP contribution < -0.4 is 11.1 Å². The minimum Gasteiger partial charge on any atom is -0.383 e. The zero-order chi connectivity index (χ0) is 12.7. The van der Waals surface area contributed by atoms with Crippen molar-refractivity contribution in [3.05, 3.63) is 0 Å². The van der Waals surface area contributed by atoms with Gasteiger partial charge in [-0.25, -0.2) is 0 Å². The van der Waals surface area contributed by atoms with Crippen LogP contribution in [0.25, 0.3) is 0 Å². The lowest BCUT2D eigenvalue weighted by atomic mass is 10.4. The smallest absolute Gasteiger partial charge is 0.188 e. The standard InChI is InChI=1S/C12H26N4O/c1-4-16(11-5-6-11)8-7-14-12(13)15-10(2)9-17-3/h10-11H,4-9H2,1-3H3,(H3,13,14,15). The molecule has 0 bridgehead atoms. The highest BCUT2D eigenvalue weighted by molar-refractivity contribution is 5.78. The summed E-state index contributed by atoms with van der Waals surface area (Å²) in [5.41, 5.74) is 5.79. The second-order valence-corrected chi connectivity index (χ2v) is 4.63. The molecule has 0 aromatic rings. The topological polar surface area (TPSA) is 62.9 Å². The van der Waals surface area contributed by atoms with E-state index in [1.54, 1.807) is 7.11 Å². The fraction of sp³-hybridized carbons (Fsp3) is 0.917. The summed E-state index contributed by atoms with van der Waals surface area (Å²) in [5.74, 6) is 0.515. The van der Waals surface area contributed by atoms with Gasteiger partial charge in [-0.1, -0.05) is 6.92 Å². The van der Waals surface area contributed by atoms with E-state index >= 15 is 0 Å². The lowest BCUT2D eigenvalue weighted by Gasteiger charge is -2.18. The van der Waals surface area contributed by atoms with Crippen molar-refractivity contribution >= 4 is 5.96 Å². The summed E-state index contributed by atoms with van der Waals surface area (Å²) in [6.45, 7) is 7.73. The van der Waals surface area contributed by atoms with Crippen LogP contribution in [-0.2, 0) is 4.74 Å². The molecule has 0 heterocycles. The maximum Gasteiger partial charge on any atom is 0.188 e. The molecule has 5 heteroatoms. The van der Waals surface area contributed by atoms with E-state index in [2.05, 4.69) is 22.1 Å². The van der Waals surface area contributed by atoms with Crippen molar-refractivity contribution < 1.29 is 4.74 Å². The number of guanidine groups is 1. The van der Waals surface area contributed by atoms with Gasteiger partial charge in [0.25, 0.3) is 0 Å². The lowest BCUT2D eigenvalue weighted by molar-refractivity contribution is 0.179. The second-order valence-electron chi connectivity index (χ2n) is 4.63. The predicted octanol–water partition coefficient (Wildman–Crippen LogP) is 0.410. The van der Waals surface area contributed by atoms with Crippen LogP contribution in [0.4, 0.5) is 0 Å². The molecule has 1 atom stereocenters. The Labute approximate surface area is 104 Å². The van der Waals surface area contributed by atoms with E-state index in [0.717, 1.165) is 25.7 Å². The number of nitrogens with zero attached hydrogens (tertiary/aromatic N) is 2. The van der Waals surface area contributed by atoms with Crippen LogP contribution in [0, 0.1) is 0 Å². The van der Waals surface area contributed by atoms with Gasteiger partial charge in [-0.15, -0.1) is 0 Å². The summed E-state index contributed by atoms with van der Waals surface area (Å²) in [6.07, 6.45) is 2.69. The van der Waals surface area contributed by atoms with Gasteiger partial charge in [-0.3, -0.25) is 9.89 Å². The Balaban J connectivity index is 2.17. The molecule has 1 rings (SSSR count). The third-order valence-corrected chi connectivity index (χ3v) is 2.95. The van der Waals surface area contributed by atoms with Crippen LogP contribution in [0.15, 0.2) is 4.99 Å². The molecule has 3 N–H and O–H groups in total. The average Bonchev–Trinajstić information content (AvgIpc) is 3.08. The van der Waals surface area contributed by atoms with Gasteiger partial charge in [-0.05, 0) is 26.3 Å². The van der Waals surface area contributed by atoms with Gasteiger partial charge in [0, 0.05) is 25.7 Å². The predicted molar refractivity (Wildman–Crippen MR) is 71.2 cm³/mol. The Morgan fingerprint density at radius 3 is 2.82 bits per heavy atom. The number of aliphatic imine (C=N–C) groups is 1. The van der Waals surface area contributed by atoms with E-state index in [-0.39, 0.29) is 6.04 Å². The van der Waals surface area contributed by atoms with Gasteiger partial charge < -0.3 is 15.8 Å². The van der Waals surface area contributed by atoms with Crippen LogP contribution in [0.3, 0.4) is 0 Å². The molecule has 1 aliphatic carbocycles. The Morgan fingerprint density at radius 2 is 2.29 bits per heavy atom. The number of rotatable bonds is 8. The summed E-state index contributed by atoms with van der Waals surface area (Å²) in [4.78, 5) is 6.80. The van der Waals surface area contributed by atoms with Gasteiger partial charge in [0.1, 0.15) is 0 Å². The molecule has 5 nitrogen and oxygen atoms in total. The van der Waals surface area contributed by atoms with Crippen molar-refractivity contribution in [2.24, 2.45) is 10.7 Å². The first kappa shape index (κ1) is 14.3. The zero-order valence-electron chi connectivity index (χ0n) is 11.3. The Bertz CT molecular complexity index is 241. The van der Waals surface area contributed by atoms with Crippen LogP contribution in [0.1, 0.15) is 26.7 Å². The number of hydrogen-bond acceptors (Lipinski definition) is 3. The molecular formula is C12H26N4O. The highest BCUT2D eigenvalue weighted by Crippen LogP contribution is 2.25. The zero-order valence-corrected chi connectivity index (χ0v) is 11.3. The van der Waals surface area contributed by atoms with Crippen molar-refractivity contribution in [1.29, 1.82) is 0 Å². The number of likely N-dealkylation sites (N-methyl/N-ethyl adjacent to an activating group) is 1. The molecule has 100 valence electrons. The fourth-order valence-electron chi connectivity index (χ4n) is 1.93. The quantitative estimate of drug-likeness (QED) is 0.478. The Kier molecular flexibility index (Phi) is 6.29. The molecule has 0 saturated heterocycles. The van der Waals surface area contributed by atoms with Gasteiger partial charge in [0.2, 0.25) is 0 Å². The average molecular weight is 242 g/mol. The SMILES string of the molecule is CCN(CCN=C(N)NC(C)COC)C1CC1. The molecule has 17 heavy (non-hydrogen) atoms. The minimum atomic E-state index is 0.203. The lowest BCUT2D eigenvalue weighted by Crippen LogP contribution is -2.41. The molecule has 0 spiro atoms. The van der Waals surface area contributed by atoms with E-state index in [4.69, 9.17) is 10.5 Å². The highest BCUT2D eigenvalue weighted by atomic mass is 16.5. The molecule has 0 radical (unpaired) electrons. The first-order valence-electron chi connectivity index (χ1n) is 6.46. The number of ether oxygens (including phenoxy) is 1. The van der Waals surface area contributed by atoms with Crippen molar-refractivity contribution in [2.45, 2.75) is 38.8 Å². The van der Waals surface area contributed by atoms with Crippen molar-refractivity contribution in [3.8, 4) is 0 Å². The van der Waals surface area contributed by atoms with E-state index in [1.807, 2.05) is 6.92 Å². The van der Waals surface area contributed by atoms with Gasteiger partial charge in [0.15, 0.2) is 5.96 Å². The molecule has 1 fully saturated rings. The van der Waals surface area contributed by atoms with Crippen LogP contribution in [-0.4, -0.2) is 56.3 Å². The second kappa shape index (κ2) is 7.50. The summed E-state index contributed by atoms with van der Waals surface area (Å²) < 4.78 is 5.02. The molecule has 0 aromatic heterocycles. The maximum absolute atomic E-state index is 5.79. The molecule has 0 aromatic carbocycles. The summed E-state index contributed by atoms with van der Waals surface area (Å²) in [5, 5.41) is 3.10. The van der Waals surface area contributed by atoms with E-state index < -0.39 is 0 Å². The van der Waals surface area contributed by atoms with Gasteiger partial charge in [0.05, 0.1) is 13.2 Å². The summed E-state index contributed by atoms with van der Waals surface area (Å²) in [6, 6.07) is 1.01. The Morgan fingerprint density at radius 1 is 1.59 bits per heavy atom. The largest absolute Gasteiger partial charge is 0.383 e. The molecule has 1 unspecified atom stereocenters. The molecule has 1 saturated carbocycles.